The van der Waals surface area contributed by atoms with Gasteiger partial charge in [-0.2, -0.15) is 0 Å². The van der Waals surface area contributed by atoms with E-state index in [9.17, 15) is 29.3 Å². The molecule has 10 nitrogen and oxygen atoms in total. The number of aryl methyl sites for hydroxylation is 2. The van der Waals surface area contributed by atoms with Gasteiger partial charge in [-0.05, 0) is 43.2 Å². The number of carbonyl (C=O) groups is 4. The maximum absolute atomic E-state index is 12.4. The summed E-state index contributed by atoms with van der Waals surface area (Å²) in [6, 6.07) is 8.95. The summed E-state index contributed by atoms with van der Waals surface area (Å²) in [6.07, 6.45) is 0. The van der Waals surface area contributed by atoms with Gasteiger partial charge in [0.2, 0.25) is 0 Å². The Morgan fingerprint density at radius 3 is 2.50 bits per heavy atom. The summed E-state index contributed by atoms with van der Waals surface area (Å²) in [7, 11) is 0. The minimum atomic E-state index is -0.998. The first kappa shape index (κ1) is 20.6. The number of carbonyl (C=O) groups excluding carboxylic acids is 4. The number of ether oxygens (including phenoxy) is 1. The third kappa shape index (κ3) is 4.02. The smallest absolute Gasteiger partial charge is 0.326 e. The van der Waals surface area contributed by atoms with E-state index < -0.39 is 47.5 Å². The Bertz CT molecular complexity index is 1090. The molecule has 0 aliphatic carbocycles. The van der Waals surface area contributed by atoms with Crippen LogP contribution in [0, 0.1) is 24.0 Å². The fourth-order valence-corrected chi connectivity index (χ4v) is 2.95. The van der Waals surface area contributed by atoms with Crippen LogP contribution in [0.1, 0.15) is 31.8 Å². The second-order valence-electron chi connectivity index (χ2n) is 6.66. The van der Waals surface area contributed by atoms with Crippen molar-refractivity contribution in [2.45, 2.75) is 13.8 Å². The first-order chi connectivity index (χ1) is 14.2. The molecule has 0 saturated heterocycles. The average Bonchev–Trinajstić information content (AvgIpc) is 2.94. The van der Waals surface area contributed by atoms with E-state index in [1.807, 2.05) is 19.9 Å². The summed E-state index contributed by atoms with van der Waals surface area (Å²) >= 11 is 0. The van der Waals surface area contributed by atoms with Crippen molar-refractivity contribution in [2.75, 3.05) is 18.5 Å². The lowest BCUT2D eigenvalue weighted by Gasteiger charge is -2.13. The van der Waals surface area contributed by atoms with Gasteiger partial charge in [0.1, 0.15) is 12.1 Å². The summed E-state index contributed by atoms with van der Waals surface area (Å²) in [5.74, 6) is -3.39. The molecule has 30 heavy (non-hydrogen) atoms. The molecule has 1 heterocycles. The zero-order valence-electron chi connectivity index (χ0n) is 16.1. The van der Waals surface area contributed by atoms with Crippen LogP contribution in [-0.4, -0.2) is 46.7 Å². The van der Waals surface area contributed by atoms with Gasteiger partial charge in [-0.3, -0.25) is 34.2 Å². The predicted octanol–water partition coefficient (Wildman–Crippen LogP) is 1.99. The fourth-order valence-electron chi connectivity index (χ4n) is 2.95. The summed E-state index contributed by atoms with van der Waals surface area (Å²) in [5, 5.41) is 13.7. The molecule has 2 aromatic carbocycles. The van der Waals surface area contributed by atoms with E-state index in [0.29, 0.717) is 10.6 Å². The molecule has 2 aromatic rings. The number of fused-ring (bicyclic) bond motifs is 1. The van der Waals surface area contributed by atoms with Crippen LogP contribution in [0.3, 0.4) is 0 Å². The lowest BCUT2D eigenvalue weighted by atomic mass is 10.1. The number of benzene rings is 2. The monoisotopic (exact) mass is 411 g/mol. The van der Waals surface area contributed by atoms with Crippen LogP contribution in [0.25, 0.3) is 0 Å². The normalized spacial score (nSPS) is 12.5. The van der Waals surface area contributed by atoms with Gasteiger partial charge < -0.3 is 10.1 Å². The number of hydrogen-bond donors (Lipinski definition) is 1. The molecule has 3 rings (SSSR count). The van der Waals surface area contributed by atoms with Crippen LogP contribution >= 0.6 is 0 Å². The van der Waals surface area contributed by atoms with E-state index in [2.05, 4.69) is 5.32 Å². The summed E-state index contributed by atoms with van der Waals surface area (Å²) in [4.78, 5) is 59.6. The molecule has 0 bridgehead atoms. The Kier molecular flexibility index (Phi) is 5.58. The zero-order valence-corrected chi connectivity index (χ0v) is 16.1. The molecule has 1 N–H and O–H groups in total. The highest BCUT2D eigenvalue weighted by atomic mass is 16.6. The molecular weight excluding hydrogens is 394 g/mol. The average molecular weight is 411 g/mol. The molecular formula is C20H17N3O7. The molecule has 0 radical (unpaired) electrons. The lowest BCUT2D eigenvalue weighted by molar-refractivity contribution is -0.385. The molecule has 0 saturated carbocycles. The van der Waals surface area contributed by atoms with Gasteiger partial charge in [0, 0.05) is 11.8 Å². The van der Waals surface area contributed by atoms with E-state index in [-0.39, 0.29) is 11.1 Å². The van der Waals surface area contributed by atoms with Crippen molar-refractivity contribution < 1.29 is 28.8 Å². The summed E-state index contributed by atoms with van der Waals surface area (Å²) in [5.41, 5.74) is 1.52. The number of hydrogen-bond acceptors (Lipinski definition) is 7. The van der Waals surface area contributed by atoms with Crippen molar-refractivity contribution in [3.8, 4) is 0 Å². The Morgan fingerprint density at radius 1 is 1.10 bits per heavy atom. The van der Waals surface area contributed by atoms with Crippen LogP contribution in [0.5, 0.6) is 0 Å². The number of nitrogens with one attached hydrogen (secondary N) is 1. The number of nitrogens with zero attached hydrogens (tertiary/aromatic N) is 2. The van der Waals surface area contributed by atoms with E-state index in [0.717, 1.165) is 17.2 Å². The zero-order chi connectivity index (χ0) is 22.0. The minimum Gasteiger partial charge on any atom is -0.454 e. The van der Waals surface area contributed by atoms with Crippen LogP contribution in [0.2, 0.25) is 0 Å². The summed E-state index contributed by atoms with van der Waals surface area (Å²) < 4.78 is 4.83. The van der Waals surface area contributed by atoms with Crippen LogP contribution < -0.4 is 5.32 Å². The van der Waals surface area contributed by atoms with Crippen molar-refractivity contribution >= 4 is 35.1 Å². The molecule has 1 aliphatic heterocycles. The highest BCUT2D eigenvalue weighted by Gasteiger charge is 2.41. The Labute approximate surface area is 170 Å². The predicted molar refractivity (Wildman–Crippen MR) is 104 cm³/mol. The maximum Gasteiger partial charge on any atom is 0.326 e. The molecule has 0 unspecified atom stereocenters. The number of nitro benzene ring substituents is 1. The second kappa shape index (κ2) is 8.11. The van der Waals surface area contributed by atoms with Crippen molar-refractivity contribution in [3.63, 3.8) is 0 Å². The standard InChI is InChI=1S/C20H17N3O7/c1-11-6-7-13(8-12(11)2)21-16(24)10-30-17(25)9-22-19(26)14-4-3-5-15(23(28)29)18(14)20(22)27/h3-8H,9-10H2,1-2H3,(H,21,24). The highest BCUT2D eigenvalue weighted by Crippen LogP contribution is 2.30. The van der Waals surface area contributed by atoms with Crippen LogP contribution in [-0.2, 0) is 14.3 Å². The van der Waals surface area contributed by atoms with E-state index in [1.165, 1.54) is 12.1 Å². The third-order valence-corrected chi connectivity index (χ3v) is 4.62. The number of esters is 1. The van der Waals surface area contributed by atoms with Gasteiger partial charge in [-0.1, -0.05) is 12.1 Å². The number of rotatable bonds is 6. The van der Waals surface area contributed by atoms with Gasteiger partial charge >= 0.3 is 5.97 Å². The van der Waals surface area contributed by atoms with Gasteiger partial charge in [-0.25, -0.2) is 0 Å². The van der Waals surface area contributed by atoms with E-state index in [1.54, 1.807) is 12.1 Å². The second-order valence-corrected chi connectivity index (χ2v) is 6.66. The largest absolute Gasteiger partial charge is 0.454 e. The number of amides is 3. The van der Waals surface area contributed by atoms with Gasteiger partial charge in [-0.15, -0.1) is 0 Å². The quantitative estimate of drug-likeness (QED) is 0.332. The van der Waals surface area contributed by atoms with Gasteiger partial charge in [0.15, 0.2) is 6.61 Å². The van der Waals surface area contributed by atoms with Crippen molar-refractivity contribution in [1.29, 1.82) is 0 Å². The van der Waals surface area contributed by atoms with Crippen LogP contribution in [0.15, 0.2) is 36.4 Å². The number of anilines is 1. The maximum atomic E-state index is 12.4. The first-order valence-electron chi connectivity index (χ1n) is 8.85. The molecule has 0 aromatic heterocycles. The molecule has 0 atom stereocenters. The van der Waals surface area contributed by atoms with Crippen LogP contribution in [0.4, 0.5) is 11.4 Å². The molecule has 154 valence electrons. The topological polar surface area (TPSA) is 136 Å². The fraction of sp³-hybridized carbons (Fsp3) is 0.200. The SMILES string of the molecule is Cc1ccc(NC(=O)COC(=O)CN2C(=O)c3cccc([N+](=O)[O-])c3C2=O)cc1C. The van der Waals surface area contributed by atoms with Crippen molar-refractivity contribution in [2.24, 2.45) is 0 Å². The molecule has 3 amide bonds. The highest BCUT2D eigenvalue weighted by molar-refractivity contribution is 6.24. The Morgan fingerprint density at radius 2 is 1.83 bits per heavy atom. The van der Waals surface area contributed by atoms with E-state index >= 15 is 0 Å². The third-order valence-electron chi connectivity index (χ3n) is 4.62. The Hall–Kier alpha value is -4.08. The molecule has 0 spiro atoms. The lowest BCUT2D eigenvalue weighted by Crippen LogP contribution is -2.36. The molecule has 10 heteroatoms. The number of nitro groups is 1. The van der Waals surface area contributed by atoms with Crippen molar-refractivity contribution in [1.82, 2.24) is 4.90 Å². The van der Waals surface area contributed by atoms with Gasteiger partial charge in [0.05, 0.1) is 10.5 Å². The van der Waals surface area contributed by atoms with Crippen molar-refractivity contribution in [3.05, 3.63) is 68.8 Å². The van der Waals surface area contributed by atoms with E-state index in [4.69, 9.17) is 4.74 Å². The molecule has 1 aliphatic rings. The van der Waals surface area contributed by atoms with Gasteiger partial charge in [0.25, 0.3) is 23.4 Å². The molecule has 0 fully saturated rings. The minimum absolute atomic E-state index is 0.158. The summed E-state index contributed by atoms with van der Waals surface area (Å²) in [6.45, 7) is 2.43. The Balaban J connectivity index is 1.60. The number of imide groups is 1. The first-order valence-corrected chi connectivity index (χ1v) is 8.85.